The molecule has 0 spiro atoms. The molecular weight excluding hydrogens is 246 g/mol. The van der Waals surface area contributed by atoms with E-state index in [0.29, 0.717) is 5.92 Å². The summed E-state index contributed by atoms with van der Waals surface area (Å²) in [5.41, 5.74) is 2.47. The normalized spacial score (nSPS) is 15.2. The van der Waals surface area contributed by atoms with Crippen molar-refractivity contribution >= 4 is 0 Å². The van der Waals surface area contributed by atoms with Crippen LogP contribution in [0.5, 0.6) is 0 Å². The van der Waals surface area contributed by atoms with Crippen molar-refractivity contribution in [3.05, 3.63) is 29.6 Å². The average Bonchev–Trinajstić information content (AvgIpc) is 3.23. The molecule has 1 heterocycles. The van der Waals surface area contributed by atoms with Gasteiger partial charge in [0.2, 0.25) is 0 Å². The molecule has 1 saturated carbocycles. The predicted octanol–water partition coefficient (Wildman–Crippen LogP) is 3.06. The van der Waals surface area contributed by atoms with Crippen molar-refractivity contribution in [2.45, 2.75) is 46.7 Å². The van der Waals surface area contributed by atoms with Gasteiger partial charge < -0.3 is 5.32 Å². The lowest BCUT2D eigenvalue weighted by Crippen LogP contribution is -2.25. The molecule has 1 aromatic heterocycles. The molecule has 3 nitrogen and oxygen atoms in total. The third kappa shape index (κ3) is 5.59. The van der Waals surface area contributed by atoms with Crippen molar-refractivity contribution in [3.8, 4) is 0 Å². The zero-order chi connectivity index (χ0) is 14.4. The van der Waals surface area contributed by atoms with Crippen molar-refractivity contribution < 1.29 is 0 Å². The molecule has 0 bridgehead atoms. The topological polar surface area (TPSA) is 28.2 Å². The van der Waals surface area contributed by atoms with E-state index < -0.39 is 0 Å². The first-order chi connectivity index (χ1) is 9.67. The first-order valence-corrected chi connectivity index (χ1v) is 8.04. The second-order valence-corrected chi connectivity index (χ2v) is 6.45. The molecule has 1 aliphatic carbocycles. The van der Waals surface area contributed by atoms with Crippen LogP contribution in [-0.2, 0) is 13.1 Å². The predicted molar refractivity (Wildman–Crippen MR) is 84.5 cm³/mol. The first-order valence-electron chi connectivity index (χ1n) is 8.04. The molecule has 3 heteroatoms. The van der Waals surface area contributed by atoms with Crippen LogP contribution < -0.4 is 5.32 Å². The van der Waals surface area contributed by atoms with Gasteiger partial charge in [-0.2, -0.15) is 0 Å². The Morgan fingerprint density at radius 2 is 2.15 bits per heavy atom. The van der Waals surface area contributed by atoms with Gasteiger partial charge in [-0.3, -0.25) is 9.88 Å². The molecule has 0 atom stereocenters. The molecule has 112 valence electrons. The van der Waals surface area contributed by atoms with Crippen molar-refractivity contribution in [1.82, 2.24) is 15.2 Å². The molecule has 1 aliphatic rings. The lowest BCUT2D eigenvalue weighted by Gasteiger charge is -2.19. The molecule has 0 aromatic carbocycles. The Bertz CT molecular complexity index is 382. The summed E-state index contributed by atoms with van der Waals surface area (Å²) < 4.78 is 0. The third-order valence-electron chi connectivity index (χ3n) is 3.81. The maximum Gasteiger partial charge on any atom is 0.0544 e. The van der Waals surface area contributed by atoms with Gasteiger partial charge in [0.15, 0.2) is 0 Å². The van der Waals surface area contributed by atoms with Crippen LogP contribution in [0, 0.1) is 11.8 Å². The monoisotopic (exact) mass is 275 g/mol. The van der Waals surface area contributed by atoms with Gasteiger partial charge in [0.1, 0.15) is 0 Å². The Morgan fingerprint density at radius 1 is 1.35 bits per heavy atom. The Balaban J connectivity index is 1.77. The third-order valence-corrected chi connectivity index (χ3v) is 3.81. The number of hydrogen-bond acceptors (Lipinski definition) is 3. The fourth-order valence-corrected chi connectivity index (χ4v) is 2.36. The summed E-state index contributed by atoms with van der Waals surface area (Å²) >= 11 is 0. The molecule has 20 heavy (non-hydrogen) atoms. The molecule has 2 rings (SSSR count). The summed E-state index contributed by atoms with van der Waals surface area (Å²) in [4.78, 5) is 7.12. The summed E-state index contributed by atoms with van der Waals surface area (Å²) in [6.07, 6.45) is 4.86. The SMILES string of the molecule is CCN(Cc1ccc(CNCC(C)C)cn1)CC1CC1. The Morgan fingerprint density at radius 3 is 2.70 bits per heavy atom. The Labute approximate surface area is 123 Å². The van der Waals surface area contributed by atoms with Gasteiger partial charge >= 0.3 is 0 Å². The fraction of sp³-hybridized carbons (Fsp3) is 0.706. The van der Waals surface area contributed by atoms with E-state index in [4.69, 9.17) is 0 Å². The Kier molecular flexibility index (Phi) is 5.99. The van der Waals surface area contributed by atoms with Crippen LogP contribution in [0.1, 0.15) is 44.9 Å². The molecule has 0 radical (unpaired) electrons. The summed E-state index contributed by atoms with van der Waals surface area (Å²) in [6.45, 7) is 12.0. The van der Waals surface area contributed by atoms with E-state index >= 15 is 0 Å². The lowest BCUT2D eigenvalue weighted by atomic mass is 10.2. The quantitative estimate of drug-likeness (QED) is 0.751. The van der Waals surface area contributed by atoms with Gasteiger partial charge in [-0.05, 0) is 49.4 Å². The molecule has 1 aromatic rings. The largest absolute Gasteiger partial charge is 0.312 e. The number of aromatic nitrogens is 1. The van der Waals surface area contributed by atoms with E-state index in [9.17, 15) is 0 Å². The van der Waals surface area contributed by atoms with Gasteiger partial charge in [-0.25, -0.2) is 0 Å². The zero-order valence-corrected chi connectivity index (χ0v) is 13.2. The average molecular weight is 275 g/mol. The summed E-state index contributed by atoms with van der Waals surface area (Å²) in [7, 11) is 0. The van der Waals surface area contributed by atoms with Gasteiger partial charge in [-0.15, -0.1) is 0 Å². The molecule has 1 fully saturated rings. The maximum absolute atomic E-state index is 4.61. The van der Waals surface area contributed by atoms with Crippen LogP contribution >= 0.6 is 0 Å². The zero-order valence-electron chi connectivity index (χ0n) is 13.2. The smallest absolute Gasteiger partial charge is 0.0544 e. The highest BCUT2D eigenvalue weighted by molar-refractivity contribution is 5.14. The number of nitrogens with one attached hydrogen (secondary N) is 1. The van der Waals surface area contributed by atoms with E-state index in [1.807, 2.05) is 6.20 Å². The second-order valence-electron chi connectivity index (χ2n) is 6.45. The van der Waals surface area contributed by atoms with Crippen LogP contribution in [0.2, 0.25) is 0 Å². The molecule has 1 N–H and O–H groups in total. The number of rotatable bonds is 9. The van der Waals surface area contributed by atoms with Crippen molar-refractivity contribution in [2.24, 2.45) is 11.8 Å². The molecule has 0 amide bonds. The highest BCUT2D eigenvalue weighted by atomic mass is 15.1. The number of nitrogens with zero attached hydrogens (tertiary/aromatic N) is 2. The highest BCUT2D eigenvalue weighted by Gasteiger charge is 2.23. The Hall–Kier alpha value is -0.930. The minimum absolute atomic E-state index is 0.697. The molecule has 0 saturated heterocycles. The van der Waals surface area contributed by atoms with Crippen molar-refractivity contribution in [3.63, 3.8) is 0 Å². The molecule has 0 unspecified atom stereocenters. The fourth-order valence-electron chi connectivity index (χ4n) is 2.36. The van der Waals surface area contributed by atoms with Crippen LogP contribution in [0.3, 0.4) is 0 Å². The van der Waals surface area contributed by atoms with Crippen LogP contribution in [0.15, 0.2) is 18.3 Å². The lowest BCUT2D eigenvalue weighted by molar-refractivity contribution is 0.265. The van der Waals surface area contributed by atoms with Crippen LogP contribution in [0.4, 0.5) is 0 Å². The number of hydrogen-bond donors (Lipinski definition) is 1. The highest BCUT2D eigenvalue weighted by Crippen LogP contribution is 2.29. The summed E-state index contributed by atoms with van der Waals surface area (Å²) in [5, 5.41) is 3.46. The summed E-state index contributed by atoms with van der Waals surface area (Å²) in [5.74, 6) is 1.65. The van der Waals surface area contributed by atoms with Gasteiger partial charge in [-0.1, -0.05) is 26.8 Å². The van der Waals surface area contributed by atoms with Gasteiger partial charge in [0.25, 0.3) is 0 Å². The summed E-state index contributed by atoms with van der Waals surface area (Å²) in [6, 6.07) is 4.39. The van der Waals surface area contributed by atoms with E-state index in [-0.39, 0.29) is 0 Å². The first kappa shape index (κ1) is 15.5. The van der Waals surface area contributed by atoms with Gasteiger partial charge in [0, 0.05) is 25.8 Å². The molecule has 0 aliphatic heterocycles. The maximum atomic E-state index is 4.61. The van der Waals surface area contributed by atoms with Crippen LogP contribution in [0.25, 0.3) is 0 Å². The van der Waals surface area contributed by atoms with E-state index in [0.717, 1.165) is 32.1 Å². The van der Waals surface area contributed by atoms with Crippen LogP contribution in [-0.4, -0.2) is 29.5 Å². The van der Waals surface area contributed by atoms with Crippen molar-refractivity contribution in [2.75, 3.05) is 19.6 Å². The van der Waals surface area contributed by atoms with E-state index in [1.54, 1.807) is 0 Å². The minimum Gasteiger partial charge on any atom is -0.312 e. The second kappa shape index (κ2) is 7.75. The van der Waals surface area contributed by atoms with Crippen molar-refractivity contribution in [1.29, 1.82) is 0 Å². The van der Waals surface area contributed by atoms with Gasteiger partial charge in [0.05, 0.1) is 5.69 Å². The standard InChI is InChI=1S/C17H29N3/c1-4-20(12-15-5-6-15)13-17-8-7-16(11-19-17)10-18-9-14(2)3/h7-8,11,14-15,18H,4-6,9-10,12-13H2,1-3H3. The van der Waals surface area contributed by atoms with E-state index in [1.165, 1.54) is 30.6 Å². The van der Waals surface area contributed by atoms with E-state index in [2.05, 4.69) is 48.1 Å². The molecular formula is C17H29N3. The number of pyridine rings is 1. The minimum atomic E-state index is 0.697.